The zero-order valence-electron chi connectivity index (χ0n) is 15.8. The molecule has 0 bridgehead atoms. The quantitative estimate of drug-likeness (QED) is 0.745. The summed E-state index contributed by atoms with van der Waals surface area (Å²) < 4.78 is 16.1. The third-order valence-electron chi connectivity index (χ3n) is 4.40. The summed E-state index contributed by atoms with van der Waals surface area (Å²) in [6.45, 7) is 0.228. The van der Waals surface area contributed by atoms with E-state index < -0.39 is 0 Å². The van der Waals surface area contributed by atoms with Crippen LogP contribution in [-0.4, -0.2) is 44.9 Å². The van der Waals surface area contributed by atoms with Gasteiger partial charge in [-0.3, -0.25) is 9.59 Å². The van der Waals surface area contributed by atoms with E-state index in [1.54, 1.807) is 31.4 Å². The van der Waals surface area contributed by atoms with E-state index in [9.17, 15) is 9.59 Å². The molecule has 7 heteroatoms. The molecule has 1 aromatic rings. The van der Waals surface area contributed by atoms with Crippen molar-refractivity contribution in [3.8, 4) is 5.75 Å². The third kappa shape index (κ3) is 4.49. The third-order valence-corrected chi connectivity index (χ3v) is 4.40. The Labute approximate surface area is 163 Å². The highest BCUT2D eigenvalue weighted by Crippen LogP contribution is 2.30. The van der Waals surface area contributed by atoms with Crippen LogP contribution in [0, 0.1) is 5.92 Å². The number of para-hydroxylation sites is 1. The van der Waals surface area contributed by atoms with Crippen molar-refractivity contribution in [3.05, 3.63) is 65.7 Å². The standard InChI is InChI=1S/C21H22N2O5/c1-26-17-8-9-18(27-2)20-16(17)12-14(21(25)23-20)10-11-22-19(24)13-28-15-6-4-3-5-7-15/h3-9,12,16H,10-11,13H2,1-2H3,(H,22,24). The topological polar surface area (TPSA) is 86.2 Å². The number of allylic oxidation sites excluding steroid dienone is 4. The van der Waals surface area contributed by atoms with Gasteiger partial charge in [-0.1, -0.05) is 24.3 Å². The van der Waals surface area contributed by atoms with E-state index in [1.165, 1.54) is 7.11 Å². The van der Waals surface area contributed by atoms with Gasteiger partial charge in [0.2, 0.25) is 0 Å². The Morgan fingerprint density at radius 2 is 1.93 bits per heavy atom. The Morgan fingerprint density at radius 3 is 2.64 bits per heavy atom. The zero-order valence-corrected chi connectivity index (χ0v) is 15.8. The molecule has 0 saturated carbocycles. The molecule has 1 aromatic carbocycles. The number of methoxy groups -OCH3 is 2. The first kappa shape index (κ1) is 19.4. The maximum absolute atomic E-state index is 12.4. The van der Waals surface area contributed by atoms with Crippen LogP contribution in [0.15, 0.2) is 70.6 Å². The highest BCUT2D eigenvalue weighted by atomic mass is 16.5. The Morgan fingerprint density at radius 1 is 1.14 bits per heavy atom. The summed E-state index contributed by atoms with van der Waals surface area (Å²) in [5.74, 6) is 1.00. The predicted octanol–water partition coefficient (Wildman–Crippen LogP) is 2.17. The van der Waals surface area contributed by atoms with E-state index >= 15 is 0 Å². The Bertz CT molecular complexity index is 868. The lowest BCUT2D eigenvalue weighted by Gasteiger charge is -2.26. The minimum atomic E-state index is -0.332. The van der Waals surface area contributed by atoms with E-state index in [-0.39, 0.29) is 24.3 Å². The van der Waals surface area contributed by atoms with Crippen LogP contribution in [0.4, 0.5) is 0 Å². The van der Waals surface area contributed by atoms with Crippen LogP contribution in [0.2, 0.25) is 0 Å². The highest BCUT2D eigenvalue weighted by Gasteiger charge is 2.32. The number of carbonyl (C=O) groups excluding carboxylic acids is 2. The summed E-state index contributed by atoms with van der Waals surface area (Å²) in [6, 6.07) is 9.10. The fourth-order valence-electron chi connectivity index (χ4n) is 2.99. The molecule has 3 rings (SSSR count). The number of ether oxygens (including phenoxy) is 3. The van der Waals surface area contributed by atoms with Gasteiger partial charge in [-0.2, -0.15) is 0 Å². The zero-order chi connectivity index (χ0) is 19.9. The molecular formula is C21H22N2O5. The smallest absolute Gasteiger partial charge is 0.273 e. The molecule has 2 amide bonds. The van der Waals surface area contributed by atoms with Crippen molar-refractivity contribution in [1.29, 1.82) is 0 Å². The molecule has 0 aromatic heterocycles. The number of rotatable bonds is 8. The van der Waals surface area contributed by atoms with E-state index in [0.717, 1.165) is 0 Å². The summed E-state index contributed by atoms with van der Waals surface area (Å²) in [7, 11) is 3.11. The van der Waals surface area contributed by atoms with Crippen LogP contribution < -0.4 is 10.1 Å². The maximum atomic E-state index is 12.4. The van der Waals surface area contributed by atoms with E-state index in [2.05, 4.69) is 10.3 Å². The molecule has 1 unspecified atom stereocenters. The fraction of sp³-hybridized carbons (Fsp3) is 0.286. The van der Waals surface area contributed by atoms with Gasteiger partial charge in [-0.25, -0.2) is 4.99 Å². The van der Waals surface area contributed by atoms with Crippen molar-refractivity contribution in [1.82, 2.24) is 5.32 Å². The average Bonchev–Trinajstić information content (AvgIpc) is 2.72. The number of hydrogen-bond acceptors (Lipinski definition) is 5. The summed E-state index contributed by atoms with van der Waals surface area (Å²) >= 11 is 0. The normalized spacial score (nSPS) is 18.1. The first-order valence-corrected chi connectivity index (χ1v) is 8.90. The molecule has 7 nitrogen and oxygen atoms in total. The molecule has 1 aliphatic carbocycles. The summed E-state index contributed by atoms with van der Waals surface area (Å²) in [6.07, 6.45) is 5.72. The van der Waals surface area contributed by atoms with E-state index in [4.69, 9.17) is 14.2 Å². The Balaban J connectivity index is 1.54. The molecule has 1 atom stereocenters. The SMILES string of the molecule is COC1=CC=C(OC)C2C=C(CCNC(=O)COc3ccccc3)C(=O)N=C12. The number of nitrogens with one attached hydrogen (secondary N) is 1. The fourth-order valence-corrected chi connectivity index (χ4v) is 2.99. The highest BCUT2D eigenvalue weighted by molar-refractivity contribution is 6.15. The number of nitrogens with zero attached hydrogens (tertiary/aromatic N) is 1. The molecule has 0 radical (unpaired) electrons. The number of dihydropyridines is 1. The van der Waals surface area contributed by atoms with Crippen molar-refractivity contribution in [3.63, 3.8) is 0 Å². The maximum Gasteiger partial charge on any atom is 0.273 e. The van der Waals surface area contributed by atoms with Crippen molar-refractivity contribution >= 4 is 17.5 Å². The molecule has 0 saturated heterocycles. The summed E-state index contributed by atoms with van der Waals surface area (Å²) in [4.78, 5) is 28.5. The van der Waals surface area contributed by atoms with Gasteiger partial charge in [-0.15, -0.1) is 0 Å². The van der Waals surface area contributed by atoms with Gasteiger partial charge in [0.1, 0.15) is 23.0 Å². The first-order valence-electron chi connectivity index (χ1n) is 8.90. The molecule has 1 N–H and O–H groups in total. The lowest BCUT2D eigenvalue weighted by atomic mass is 9.89. The average molecular weight is 382 g/mol. The predicted molar refractivity (Wildman–Crippen MR) is 104 cm³/mol. The van der Waals surface area contributed by atoms with Gasteiger partial charge < -0.3 is 19.5 Å². The molecule has 146 valence electrons. The summed E-state index contributed by atoms with van der Waals surface area (Å²) in [5.41, 5.74) is 1.06. The number of amides is 2. The van der Waals surface area contributed by atoms with Crippen molar-refractivity contribution < 1.29 is 23.8 Å². The van der Waals surface area contributed by atoms with Gasteiger partial charge in [0.15, 0.2) is 6.61 Å². The monoisotopic (exact) mass is 382 g/mol. The van der Waals surface area contributed by atoms with Crippen molar-refractivity contribution in [2.45, 2.75) is 6.42 Å². The number of benzene rings is 1. The van der Waals surface area contributed by atoms with Gasteiger partial charge in [0, 0.05) is 12.1 Å². The molecular weight excluding hydrogens is 360 g/mol. The first-order chi connectivity index (χ1) is 13.6. The Hall–Kier alpha value is -3.35. The van der Waals surface area contributed by atoms with Gasteiger partial charge in [0.25, 0.3) is 11.8 Å². The van der Waals surface area contributed by atoms with Crippen LogP contribution in [0.25, 0.3) is 0 Å². The van der Waals surface area contributed by atoms with E-state index in [0.29, 0.717) is 41.5 Å². The Kier molecular flexibility index (Phi) is 6.26. The minimum Gasteiger partial charge on any atom is -0.500 e. The summed E-state index contributed by atoms with van der Waals surface area (Å²) in [5, 5.41) is 2.75. The van der Waals surface area contributed by atoms with Gasteiger partial charge in [-0.05, 0) is 30.7 Å². The second-order valence-electron chi connectivity index (χ2n) is 6.18. The lowest BCUT2D eigenvalue weighted by Crippen LogP contribution is -2.32. The van der Waals surface area contributed by atoms with Crippen LogP contribution in [0.5, 0.6) is 5.75 Å². The molecule has 0 spiro atoms. The van der Waals surface area contributed by atoms with Crippen LogP contribution in [0.3, 0.4) is 0 Å². The molecule has 28 heavy (non-hydrogen) atoms. The van der Waals surface area contributed by atoms with Gasteiger partial charge >= 0.3 is 0 Å². The second-order valence-corrected chi connectivity index (χ2v) is 6.18. The minimum absolute atomic E-state index is 0.0828. The largest absolute Gasteiger partial charge is 0.500 e. The lowest BCUT2D eigenvalue weighted by molar-refractivity contribution is -0.123. The van der Waals surface area contributed by atoms with Crippen molar-refractivity contribution in [2.24, 2.45) is 10.9 Å². The number of fused-ring (bicyclic) bond motifs is 1. The molecule has 0 fully saturated rings. The number of carbonyl (C=O) groups is 2. The van der Waals surface area contributed by atoms with Crippen LogP contribution in [0.1, 0.15) is 6.42 Å². The van der Waals surface area contributed by atoms with E-state index in [1.807, 2.05) is 24.3 Å². The molecule has 1 heterocycles. The van der Waals surface area contributed by atoms with Crippen molar-refractivity contribution in [2.75, 3.05) is 27.4 Å². The van der Waals surface area contributed by atoms with Gasteiger partial charge in [0.05, 0.1) is 20.1 Å². The van der Waals surface area contributed by atoms with Crippen LogP contribution in [-0.2, 0) is 19.1 Å². The number of aliphatic imine (C=N–C) groups is 1. The molecule has 1 aliphatic heterocycles. The second kappa shape index (κ2) is 9.03. The molecule has 2 aliphatic rings. The van der Waals surface area contributed by atoms with Crippen LogP contribution >= 0.6 is 0 Å². The number of hydrogen-bond donors (Lipinski definition) is 1.